The van der Waals surface area contributed by atoms with E-state index in [1.165, 1.54) is 17.0 Å². The molecule has 7 heteroatoms. The largest absolute Gasteiger partial charge is 0.366 e. The Morgan fingerprint density at radius 1 is 1.34 bits per heavy atom. The van der Waals surface area contributed by atoms with Crippen molar-refractivity contribution in [1.82, 2.24) is 10.3 Å². The number of nitrogens with one attached hydrogen (secondary N) is 3. The van der Waals surface area contributed by atoms with Gasteiger partial charge in [0.1, 0.15) is 0 Å². The van der Waals surface area contributed by atoms with E-state index in [-0.39, 0.29) is 2.92 Å². The van der Waals surface area contributed by atoms with Crippen LogP contribution in [-0.4, -0.2) is 17.9 Å². The average Bonchev–Trinajstić information content (AvgIpc) is 2.99. The van der Waals surface area contributed by atoms with Crippen LogP contribution in [0.1, 0.15) is 35.5 Å². The van der Waals surface area contributed by atoms with E-state index in [0.29, 0.717) is 31.7 Å². The number of carbonyl (C=O) groups is 1. The quantitative estimate of drug-likeness (QED) is 0.233. The van der Waals surface area contributed by atoms with Gasteiger partial charge in [0.15, 0.2) is 0 Å². The molecule has 167 valence electrons. The number of hydrogen-bond donors (Lipinski definition) is 4. The van der Waals surface area contributed by atoms with Gasteiger partial charge in [0, 0.05) is 4.47 Å². The van der Waals surface area contributed by atoms with Crippen molar-refractivity contribution in [2.24, 2.45) is 5.73 Å². The smallest absolute Gasteiger partial charge is 0.249 e. The third kappa shape index (κ3) is 10.0. The number of nitrogens with two attached hydrogens (primary N) is 1. The van der Waals surface area contributed by atoms with Crippen molar-refractivity contribution in [2.45, 2.75) is 30.2 Å². The minimum Gasteiger partial charge on any atom is -0.366 e. The SMILES string of the molecule is C=CC.CNc1[nH]c(CNC2=C[C](C)([Hg])C=CC=C2)cc1C.NC(=O)c1ccccc1Br. The van der Waals surface area contributed by atoms with Gasteiger partial charge in [0.05, 0.1) is 5.56 Å². The molecule has 0 spiro atoms. The van der Waals surface area contributed by atoms with E-state index in [0.717, 1.165) is 16.8 Å². The summed E-state index contributed by atoms with van der Waals surface area (Å²) < 4.78 is 1.02. The second-order valence-corrected chi connectivity index (χ2v) is 14.3. The molecule has 0 bridgehead atoms. The topological polar surface area (TPSA) is 82.9 Å². The van der Waals surface area contributed by atoms with Crippen LogP contribution in [0.3, 0.4) is 0 Å². The summed E-state index contributed by atoms with van der Waals surface area (Å²) in [6, 6.07) is 9.23. The summed E-state index contributed by atoms with van der Waals surface area (Å²) in [4.78, 5) is 14.0. The third-order valence-corrected chi connectivity index (χ3v) is 6.69. The van der Waals surface area contributed by atoms with Crippen molar-refractivity contribution in [3.63, 3.8) is 0 Å². The van der Waals surface area contributed by atoms with Crippen molar-refractivity contribution in [1.29, 1.82) is 0 Å². The number of amides is 1. The second kappa shape index (κ2) is 14.2. The van der Waals surface area contributed by atoms with Crippen LogP contribution in [0.15, 0.2) is 83.5 Å². The van der Waals surface area contributed by atoms with Crippen LogP contribution in [0.25, 0.3) is 0 Å². The zero-order valence-corrected chi connectivity index (χ0v) is 26.4. The number of H-pyrrole nitrogens is 1. The van der Waals surface area contributed by atoms with Crippen LogP contribution < -0.4 is 16.4 Å². The molecule has 1 aromatic heterocycles. The molecule has 1 aromatic carbocycles. The Balaban J connectivity index is 0.000000330. The average molecular weight is 685 g/mol. The Kier molecular flexibility index (Phi) is 12.4. The molecule has 1 aliphatic carbocycles. The number of benzene rings is 1. The molecule has 1 atom stereocenters. The summed E-state index contributed by atoms with van der Waals surface area (Å²) in [5, 5.41) is 6.67. The summed E-state index contributed by atoms with van der Waals surface area (Å²) in [6.07, 6.45) is 12.8. The first-order valence-corrected chi connectivity index (χ1v) is 13.8. The fourth-order valence-corrected chi connectivity index (χ4v) is 4.70. The van der Waals surface area contributed by atoms with E-state index < -0.39 is 5.91 Å². The third-order valence-electron chi connectivity index (χ3n) is 4.29. The number of hydrogen-bond acceptors (Lipinski definition) is 3. The maximum absolute atomic E-state index is 10.6. The van der Waals surface area contributed by atoms with Crippen LogP contribution in [0, 0.1) is 6.92 Å². The number of rotatable bonds is 5. The van der Waals surface area contributed by atoms with Gasteiger partial charge in [-0.1, -0.05) is 18.2 Å². The van der Waals surface area contributed by atoms with Gasteiger partial charge in [-0.15, -0.1) is 6.58 Å². The first-order chi connectivity index (χ1) is 15.1. The number of halogens is 1. The molecule has 1 aliphatic rings. The van der Waals surface area contributed by atoms with E-state index in [9.17, 15) is 4.79 Å². The molecule has 2 aromatic rings. The number of aryl methyl sites for hydroxylation is 1. The summed E-state index contributed by atoms with van der Waals surface area (Å²) in [7, 11) is 1.94. The van der Waals surface area contributed by atoms with Gasteiger partial charge >= 0.3 is 131 Å². The Morgan fingerprint density at radius 3 is 2.53 bits per heavy atom. The number of aromatic nitrogens is 1. The van der Waals surface area contributed by atoms with Crippen LogP contribution >= 0.6 is 15.9 Å². The molecule has 0 saturated heterocycles. The predicted octanol–water partition coefficient (Wildman–Crippen LogP) is 5.93. The number of aromatic amines is 1. The van der Waals surface area contributed by atoms with Gasteiger partial charge in [-0.3, -0.25) is 4.79 Å². The van der Waals surface area contributed by atoms with E-state index in [1.54, 1.807) is 24.3 Å². The van der Waals surface area contributed by atoms with Gasteiger partial charge in [0.25, 0.3) is 0 Å². The molecular weight excluding hydrogens is 653 g/mol. The molecule has 32 heavy (non-hydrogen) atoms. The number of primary amides is 1. The summed E-state index contributed by atoms with van der Waals surface area (Å²) in [5.41, 5.74) is 9.22. The minimum atomic E-state index is -0.410. The standard InChI is InChI=1S/C15H20N3.C7H6BrNO.C3H6.Hg/c1-11-6-4-5-7-13(8-11)17-10-14-9-12(2)15(16-3)18-14;8-6-4-2-1-3-5(6)7(9)10;1-3-2;/h4-9,16-18H,10H2,1-3H3;1-4H,(H2,9,10);3H,1H2,2H3;. The Morgan fingerprint density at radius 2 is 2.00 bits per heavy atom. The maximum Gasteiger partial charge on any atom is 0.249 e. The minimum absolute atomic E-state index is 0.285. The second-order valence-electron chi connectivity index (χ2n) is 7.53. The van der Waals surface area contributed by atoms with Gasteiger partial charge < -0.3 is 5.73 Å². The maximum atomic E-state index is 10.6. The van der Waals surface area contributed by atoms with E-state index in [2.05, 4.69) is 88.4 Å². The zero-order chi connectivity index (χ0) is 24.1. The molecule has 1 heterocycles. The Labute approximate surface area is 216 Å². The summed E-state index contributed by atoms with van der Waals surface area (Å²) in [5.74, 6) is 0.687. The Hall–Kier alpha value is -2.05. The van der Waals surface area contributed by atoms with Crippen LogP contribution in [0.4, 0.5) is 5.82 Å². The molecule has 0 aliphatic heterocycles. The van der Waals surface area contributed by atoms with Gasteiger partial charge in [-0.05, 0) is 35.0 Å². The molecule has 1 amide bonds. The van der Waals surface area contributed by atoms with Gasteiger partial charge in [-0.2, -0.15) is 0 Å². The first kappa shape index (κ1) is 28.0. The van der Waals surface area contributed by atoms with Crippen molar-refractivity contribution in [2.75, 3.05) is 12.4 Å². The van der Waals surface area contributed by atoms with Gasteiger partial charge in [0.2, 0.25) is 5.91 Å². The Bertz CT molecular complexity index is 990. The predicted molar refractivity (Wildman–Crippen MR) is 135 cm³/mol. The number of carbonyl (C=O) groups excluding carboxylic acids is 1. The molecule has 0 radical (unpaired) electrons. The molecule has 3 rings (SSSR count). The van der Waals surface area contributed by atoms with E-state index >= 15 is 0 Å². The molecular formula is C25H32BrHgN4O. The first-order valence-electron chi connectivity index (χ1n) is 10.3. The van der Waals surface area contributed by atoms with E-state index in [4.69, 9.17) is 5.73 Å². The van der Waals surface area contributed by atoms with E-state index in [1.807, 2.05) is 20.0 Å². The number of anilines is 1. The molecule has 5 N–H and O–H groups in total. The van der Waals surface area contributed by atoms with Crippen molar-refractivity contribution >= 4 is 27.7 Å². The molecule has 0 saturated carbocycles. The zero-order valence-electron chi connectivity index (χ0n) is 19.3. The van der Waals surface area contributed by atoms with Crippen LogP contribution in [0.5, 0.6) is 0 Å². The van der Waals surface area contributed by atoms with Crippen LogP contribution in [0.2, 0.25) is 2.92 Å². The van der Waals surface area contributed by atoms with Crippen molar-refractivity contribution in [3.05, 3.63) is 100 Å². The van der Waals surface area contributed by atoms with Crippen LogP contribution in [-0.2, 0) is 32.7 Å². The van der Waals surface area contributed by atoms with Crippen molar-refractivity contribution in [3.8, 4) is 0 Å². The molecule has 5 nitrogen and oxygen atoms in total. The van der Waals surface area contributed by atoms with Gasteiger partial charge in [-0.25, -0.2) is 0 Å². The fraction of sp³-hybridized carbons (Fsp3) is 0.240. The normalized spacial score (nSPS) is 16.4. The molecule has 1 unspecified atom stereocenters. The monoisotopic (exact) mass is 685 g/mol. The van der Waals surface area contributed by atoms with Crippen molar-refractivity contribution < 1.29 is 30.9 Å². The summed E-state index contributed by atoms with van der Waals surface area (Å²) in [6.45, 7) is 10.5. The number of allylic oxidation sites excluding steroid dienone is 6. The fourth-order valence-electron chi connectivity index (χ4n) is 2.84. The molecule has 0 fully saturated rings. The summed E-state index contributed by atoms with van der Waals surface area (Å²) >= 11 is 3.88.